The van der Waals surface area contributed by atoms with Gasteiger partial charge in [-0.25, -0.2) is 14.4 Å². The molecule has 16 heteroatoms. The molecule has 0 saturated carbocycles. The zero-order valence-electron chi connectivity index (χ0n) is 32.0. The van der Waals surface area contributed by atoms with Gasteiger partial charge in [0.2, 0.25) is 11.5 Å². The number of hydrogen-bond acceptors (Lipinski definition) is 13. The minimum absolute atomic E-state index is 0.0286. The second-order valence-corrected chi connectivity index (χ2v) is 14.3. The van der Waals surface area contributed by atoms with Crippen molar-refractivity contribution in [2.75, 3.05) is 59.2 Å². The number of carboxylic acids is 2. The van der Waals surface area contributed by atoms with Crippen molar-refractivity contribution in [1.82, 2.24) is 9.80 Å². The van der Waals surface area contributed by atoms with Crippen LogP contribution in [-0.2, 0) is 14.3 Å². The van der Waals surface area contributed by atoms with Crippen molar-refractivity contribution in [3.63, 3.8) is 0 Å². The molecule has 60 heavy (non-hydrogen) atoms. The number of halogens is 1. The Morgan fingerprint density at radius 3 is 1.75 bits per heavy atom. The largest absolute Gasteiger partial charge is 0.489 e. The van der Waals surface area contributed by atoms with E-state index in [4.69, 9.17) is 39.4 Å². The molecule has 1 aliphatic heterocycles. The van der Waals surface area contributed by atoms with E-state index < -0.39 is 53.0 Å². The summed E-state index contributed by atoms with van der Waals surface area (Å²) in [5, 5.41) is 19.3. The zero-order chi connectivity index (χ0) is 42.2. The van der Waals surface area contributed by atoms with Crippen LogP contribution < -0.4 is 20.3 Å². The summed E-state index contributed by atoms with van der Waals surface area (Å²) in [4.78, 5) is 66.5. The molecule has 1 fully saturated rings. The molecule has 0 spiro atoms. The Kier molecular flexibility index (Phi) is 13.2. The fourth-order valence-electron chi connectivity index (χ4n) is 7.00. The minimum atomic E-state index is -1.42. The van der Waals surface area contributed by atoms with Crippen molar-refractivity contribution >= 4 is 51.4 Å². The molecule has 2 aromatic heterocycles. The maximum Gasteiger partial charge on any atom is 0.371 e. The van der Waals surface area contributed by atoms with Gasteiger partial charge in [0.15, 0.2) is 17.0 Å². The van der Waals surface area contributed by atoms with Gasteiger partial charge in [-0.1, -0.05) is 66.2 Å². The second kappa shape index (κ2) is 19.0. The lowest BCUT2D eigenvalue weighted by Crippen LogP contribution is -2.48. The normalized spacial score (nSPS) is 14.0. The Balaban J connectivity index is 0.978. The monoisotopic (exact) mass is 838 g/mol. The molecule has 0 radical (unpaired) electrons. The van der Waals surface area contributed by atoms with Gasteiger partial charge in [-0.3, -0.25) is 19.4 Å². The Hall–Kier alpha value is -6.52. The Morgan fingerprint density at radius 2 is 1.22 bits per heavy atom. The first kappa shape index (κ1) is 41.6. The average molecular weight is 839 g/mol. The molecular weight excluding hydrogens is 800 g/mol. The first-order chi connectivity index (χ1) is 29.0. The molecule has 15 nitrogen and oxygen atoms in total. The number of esters is 1. The highest BCUT2D eigenvalue weighted by Crippen LogP contribution is 2.31. The van der Waals surface area contributed by atoms with E-state index in [2.05, 4.69) is 34.1 Å². The van der Waals surface area contributed by atoms with Gasteiger partial charge < -0.3 is 38.0 Å². The van der Waals surface area contributed by atoms with Gasteiger partial charge in [-0.05, 0) is 47.5 Å². The molecule has 2 N–H and O–H groups in total. The first-order valence-electron chi connectivity index (χ1n) is 18.9. The number of ether oxygens (including phenoxy) is 4. The fraction of sp³-hybridized carbons (Fsp3) is 0.250. The van der Waals surface area contributed by atoms with Crippen molar-refractivity contribution < 1.29 is 52.4 Å². The summed E-state index contributed by atoms with van der Waals surface area (Å²) < 4.78 is 34.0. The van der Waals surface area contributed by atoms with Crippen molar-refractivity contribution in [2.24, 2.45) is 0 Å². The molecule has 0 amide bonds. The van der Waals surface area contributed by atoms with Gasteiger partial charge in [-0.15, -0.1) is 0 Å². The summed E-state index contributed by atoms with van der Waals surface area (Å²) in [7, 11) is 0. The maximum atomic E-state index is 13.1. The molecule has 7 rings (SSSR count). The van der Waals surface area contributed by atoms with Gasteiger partial charge in [-0.2, -0.15) is 0 Å². The third-order valence-corrected chi connectivity index (χ3v) is 10.1. The van der Waals surface area contributed by atoms with E-state index in [-0.39, 0.29) is 59.3 Å². The van der Waals surface area contributed by atoms with E-state index in [1.54, 1.807) is 0 Å². The van der Waals surface area contributed by atoms with Crippen LogP contribution in [0.15, 0.2) is 122 Å². The third-order valence-electron chi connectivity index (χ3n) is 9.85. The average Bonchev–Trinajstić information content (AvgIpc) is 3.24. The van der Waals surface area contributed by atoms with E-state index in [0.717, 1.165) is 43.9 Å². The highest BCUT2D eigenvalue weighted by atomic mass is 35.5. The van der Waals surface area contributed by atoms with Gasteiger partial charge in [0.25, 0.3) is 0 Å². The summed E-state index contributed by atoms with van der Waals surface area (Å²) in [6, 6.07) is 28.8. The lowest BCUT2D eigenvalue weighted by Gasteiger charge is -2.39. The summed E-state index contributed by atoms with van der Waals surface area (Å²) in [6.07, 6.45) is -1.13. The van der Waals surface area contributed by atoms with Crippen LogP contribution >= 0.6 is 11.6 Å². The highest BCUT2D eigenvalue weighted by Gasteiger charge is 2.27. The van der Waals surface area contributed by atoms with Crippen molar-refractivity contribution in [3.05, 3.63) is 151 Å². The van der Waals surface area contributed by atoms with Crippen molar-refractivity contribution in [2.45, 2.75) is 12.1 Å². The molecule has 3 heterocycles. The van der Waals surface area contributed by atoms with Crippen LogP contribution in [0.5, 0.6) is 11.5 Å². The van der Waals surface area contributed by atoms with E-state index >= 15 is 0 Å². The number of piperazine rings is 1. The number of benzene rings is 4. The topological polar surface area (TPSA) is 195 Å². The van der Waals surface area contributed by atoms with E-state index in [1.807, 2.05) is 30.3 Å². The molecule has 0 bridgehead atoms. The number of carbonyl (C=O) groups excluding carboxylic acids is 1. The molecule has 1 aliphatic rings. The number of aromatic carboxylic acids is 2. The Bertz CT molecular complexity index is 2490. The summed E-state index contributed by atoms with van der Waals surface area (Å²) in [6.45, 7) is 2.93. The standard InChI is InChI=1S/C44H39ClN2O13/c45-29-14-12-28(13-15-29)42(27-6-2-1-3-7-27)47-18-16-46(17-19-47)20-21-55-26-39(50)58-30(24-56-33-8-4-10-35-40(33)31(48)22-37(59-35)43(51)52)25-57-34-9-5-11-36-41(34)32(49)23-38(60-36)44(53)54/h1-15,22-23,30,42H,16-21,24-26H2,(H,51,52)(H,53,54). The van der Waals surface area contributed by atoms with Crippen LogP contribution in [0.1, 0.15) is 38.3 Å². The SMILES string of the molecule is O=C(COCCN1CCN(C(c2ccccc2)c2ccc(Cl)cc2)CC1)OC(COc1cccc2oc(C(=O)O)cc(=O)c12)COc1cccc2oc(C(=O)O)cc(=O)c12. The molecule has 1 atom stereocenters. The van der Waals surface area contributed by atoms with Crippen LogP contribution in [0.2, 0.25) is 5.02 Å². The van der Waals surface area contributed by atoms with E-state index in [1.165, 1.54) is 42.0 Å². The number of carbonyl (C=O) groups is 3. The van der Waals surface area contributed by atoms with Gasteiger partial charge in [0, 0.05) is 49.9 Å². The molecule has 6 aromatic rings. The predicted octanol–water partition coefficient (Wildman–Crippen LogP) is 5.74. The predicted molar refractivity (Wildman–Crippen MR) is 218 cm³/mol. The molecule has 310 valence electrons. The van der Waals surface area contributed by atoms with Gasteiger partial charge in [0.05, 0.1) is 12.6 Å². The number of rotatable bonds is 17. The van der Waals surface area contributed by atoms with Crippen LogP contribution in [0, 0.1) is 0 Å². The lowest BCUT2D eigenvalue weighted by molar-refractivity contribution is -0.157. The van der Waals surface area contributed by atoms with Crippen LogP contribution in [0.4, 0.5) is 0 Å². The zero-order valence-corrected chi connectivity index (χ0v) is 32.7. The lowest BCUT2D eigenvalue weighted by atomic mass is 9.96. The summed E-state index contributed by atoms with van der Waals surface area (Å²) in [5.41, 5.74) is 0.965. The number of nitrogens with zero attached hydrogens (tertiary/aromatic N) is 2. The van der Waals surface area contributed by atoms with Crippen molar-refractivity contribution in [1.29, 1.82) is 0 Å². The summed E-state index contributed by atoms with van der Waals surface area (Å²) in [5.74, 6) is -4.60. The fourth-order valence-corrected chi connectivity index (χ4v) is 7.12. The highest BCUT2D eigenvalue weighted by molar-refractivity contribution is 6.30. The number of hydrogen-bond donors (Lipinski definition) is 2. The first-order valence-corrected chi connectivity index (χ1v) is 19.3. The summed E-state index contributed by atoms with van der Waals surface area (Å²) >= 11 is 6.19. The number of carboxylic acid groups (broad SMARTS) is 2. The van der Waals surface area contributed by atoms with E-state index in [9.17, 15) is 34.2 Å². The molecule has 1 saturated heterocycles. The number of fused-ring (bicyclic) bond motifs is 2. The smallest absolute Gasteiger partial charge is 0.371 e. The molecule has 1 unspecified atom stereocenters. The van der Waals surface area contributed by atoms with Crippen LogP contribution in [0.25, 0.3) is 21.9 Å². The third kappa shape index (κ3) is 10.0. The quantitative estimate of drug-likeness (QED) is 0.0833. The molecular formula is C44H39ClN2O13. The molecule has 4 aromatic carbocycles. The molecule has 0 aliphatic carbocycles. The van der Waals surface area contributed by atoms with Gasteiger partial charge in [0.1, 0.15) is 53.3 Å². The Labute approximate surface area is 346 Å². The van der Waals surface area contributed by atoms with Crippen LogP contribution in [0.3, 0.4) is 0 Å². The second-order valence-electron chi connectivity index (χ2n) is 13.8. The van der Waals surface area contributed by atoms with Gasteiger partial charge >= 0.3 is 17.9 Å². The maximum absolute atomic E-state index is 13.1. The van der Waals surface area contributed by atoms with E-state index in [0.29, 0.717) is 11.6 Å². The van der Waals surface area contributed by atoms with Crippen LogP contribution in [-0.4, -0.2) is 103 Å². The minimum Gasteiger partial charge on any atom is -0.489 e. The Morgan fingerprint density at radius 1 is 0.683 bits per heavy atom. The van der Waals surface area contributed by atoms with Crippen molar-refractivity contribution in [3.8, 4) is 11.5 Å².